The molecule has 3 N–H and O–H groups in total. The molecule has 0 radical (unpaired) electrons. The Bertz CT molecular complexity index is 389. The molecule has 0 heterocycles. The van der Waals surface area contributed by atoms with E-state index in [0.29, 0.717) is 23.4 Å². The van der Waals surface area contributed by atoms with Crippen molar-refractivity contribution in [2.75, 3.05) is 6.54 Å². The fourth-order valence-electron chi connectivity index (χ4n) is 2.56. The van der Waals surface area contributed by atoms with E-state index in [4.69, 9.17) is 17.3 Å². The summed E-state index contributed by atoms with van der Waals surface area (Å²) in [4.78, 5) is 0. The van der Waals surface area contributed by atoms with Gasteiger partial charge in [-0.15, -0.1) is 0 Å². The van der Waals surface area contributed by atoms with Gasteiger partial charge in [0.25, 0.3) is 0 Å². The summed E-state index contributed by atoms with van der Waals surface area (Å²) >= 11 is 5.89. The highest BCUT2D eigenvalue weighted by atomic mass is 35.5. The molecule has 1 aromatic carbocycles. The molecule has 1 fully saturated rings. The molecule has 0 spiro atoms. The number of nitrogens with two attached hydrogens (primary N) is 1. The van der Waals surface area contributed by atoms with Crippen LogP contribution in [0.5, 0.6) is 5.75 Å². The highest BCUT2D eigenvalue weighted by Gasteiger charge is 2.57. The van der Waals surface area contributed by atoms with Crippen molar-refractivity contribution >= 4 is 11.6 Å². The number of phenolic OH excluding ortho intramolecular Hbond substituents is 1. The van der Waals surface area contributed by atoms with Crippen molar-refractivity contribution in [3.63, 3.8) is 0 Å². The summed E-state index contributed by atoms with van der Waals surface area (Å²) in [6, 6.07) is 5.43. The van der Waals surface area contributed by atoms with Crippen molar-refractivity contribution in [3.8, 4) is 5.75 Å². The summed E-state index contributed by atoms with van der Waals surface area (Å²) in [6.07, 6.45) is 0. The maximum absolute atomic E-state index is 9.34. The van der Waals surface area contributed by atoms with Crippen LogP contribution in [0.4, 0.5) is 0 Å². The van der Waals surface area contributed by atoms with E-state index in [-0.39, 0.29) is 11.2 Å². The first-order chi connectivity index (χ1) is 6.98. The maximum Gasteiger partial charge on any atom is 0.134 e. The molecule has 0 bridgehead atoms. The van der Waals surface area contributed by atoms with Crippen LogP contribution in [-0.2, 0) is 0 Å². The first-order valence-corrected chi connectivity index (χ1v) is 5.54. The topological polar surface area (TPSA) is 46.2 Å². The number of phenols is 1. The summed E-state index contributed by atoms with van der Waals surface area (Å²) in [6.45, 7) is 5.14. The zero-order valence-corrected chi connectivity index (χ0v) is 9.75. The normalized spacial score (nSPS) is 27.7. The van der Waals surface area contributed by atoms with Gasteiger partial charge in [0.05, 0.1) is 5.02 Å². The van der Waals surface area contributed by atoms with E-state index < -0.39 is 0 Å². The summed E-state index contributed by atoms with van der Waals surface area (Å²) in [5, 5.41) is 9.76. The Morgan fingerprint density at radius 3 is 2.60 bits per heavy atom. The lowest BCUT2D eigenvalue weighted by molar-refractivity contribution is 0.475. The highest BCUT2D eigenvalue weighted by Crippen LogP contribution is 2.64. The van der Waals surface area contributed by atoms with E-state index in [1.165, 1.54) is 5.56 Å². The van der Waals surface area contributed by atoms with Crippen molar-refractivity contribution in [2.45, 2.75) is 19.8 Å². The predicted octanol–water partition coefficient (Wildman–Crippen LogP) is 2.74. The van der Waals surface area contributed by atoms with Crippen LogP contribution in [0.25, 0.3) is 0 Å². The van der Waals surface area contributed by atoms with Gasteiger partial charge >= 0.3 is 0 Å². The third kappa shape index (κ3) is 1.62. The summed E-state index contributed by atoms with van der Waals surface area (Å²) in [5.74, 6) is 1.14. The molecule has 82 valence electrons. The van der Waals surface area contributed by atoms with E-state index in [9.17, 15) is 5.11 Å². The third-order valence-corrected chi connectivity index (χ3v) is 3.94. The standard InChI is InChI=1S/C12H16ClNO/c1-12(2)8(6-14)11(12)7-3-4-10(15)9(13)5-7/h3-5,8,11,15H,6,14H2,1-2H3/t8-,11-/m1/s1. The smallest absolute Gasteiger partial charge is 0.134 e. The minimum Gasteiger partial charge on any atom is -0.506 e. The van der Waals surface area contributed by atoms with Crippen LogP contribution in [0.3, 0.4) is 0 Å². The number of halogens is 1. The zero-order chi connectivity index (χ0) is 11.2. The molecule has 0 amide bonds. The monoisotopic (exact) mass is 225 g/mol. The second-order valence-electron chi connectivity index (χ2n) is 4.85. The molecule has 1 aliphatic carbocycles. The van der Waals surface area contributed by atoms with Gasteiger partial charge in [0.2, 0.25) is 0 Å². The molecule has 0 aliphatic heterocycles. The molecule has 3 heteroatoms. The van der Waals surface area contributed by atoms with Crippen molar-refractivity contribution in [1.82, 2.24) is 0 Å². The lowest BCUT2D eigenvalue weighted by Crippen LogP contribution is -2.05. The average molecular weight is 226 g/mol. The largest absolute Gasteiger partial charge is 0.506 e. The van der Waals surface area contributed by atoms with E-state index >= 15 is 0 Å². The van der Waals surface area contributed by atoms with E-state index in [2.05, 4.69) is 13.8 Å². The second kappa shape index (κ2) is 3.39. The van der Waals surface area contributed by atoms with Gasteiger partial charge in [-0.2, -0.15) is 0 Å². The Balaban J connectivity index is 2.29. The molecule has 1 saturated carbocycles. The van der Waals surface area contributed by atoms with Crippen molar-refractivity contribution in [3.05, 3.63) is 28.8 Å². The summed E-state index contributed by atoms with van der Waals surface area (Å²) in [5.41, 5.74) is 7.16. The Labute approximate surface area is 95.1 Å². The molecule has 1 aromatic rings. The Morgan fingerprint density at radius 2 is 2.13 bits per heavy atom. The van der Waals surface area contributed by atoms with Gasteiger partial charge in [-0.05, 0) is 41.5 Å². The summed E-state index contributed by atoms with van der Waals surface area (Å²) < 4.78 is 0. The van der Waals surface area contributed by atoms with Crippen LogP contribution in [0.2, 0.25) is 5.02 Å². The van der Waals surface area contributed by atoms with Gasteiger partial charge in [-0.25, -0.2) is 0 Å². The van der Waals surface area contributed by atoms with Crippen LogP contribution in [-0.4, -0.2) is 11.7 Å². The van der Waals surface area contributed by atoms with Crippen LogP contribution >= 0.6 is 11.6 Å². The predicted molar refractivity (Wildman–Crippen MR) is 62.2 cm³/mol. The molecular formula is C12H16ClNO. The van der Waals surface area contributed by atoms with Gasteiger partial charge in [0.15, 0.2) is 0 Å². The van der Waals surface area contributed by atoms with Gasteiger partial charge in [-0.1, -0.05) is 31.5 Å². The maximum atomic E-state index is 9.34. The number of aromatic hydroxyl groups is 1. The van der Waals surface area contributed by atoms with E-state index in [1.807, 2.05) is 12.1 Å². The quantitative estimate of drug-likeness (QED) is 0.813. The summed E-state index contributed by atoms with van der Waals surface area (Å²) in [7, 11) is 0. The van der Waals surface area contributed by atoms with Gasteiger partial charge in [0, 0.05) is 0 Å². The van der Waals surface area contributed by atoms with E-state index in [1.54, 1.807) is 6.07 Å². The lowest BCUT2D eigenvalue weighted by Gasteiger charge is -2.04. The Morgan fingerprint density at radius 1 is 1.47 bits per heavy atom. The van der Waals surface area contributed by atoms with Crippen LogP contribution in [0.1, 0.15) is 25.3 Å². The number of hydrogen-bond acceptors (Lipinski definition) is 2. The second-order valence-corrected chi connectivity index (χ2v) is 5.26. The van der Waals surface area contributed by atoms with Gasteiger partial charge in [0.1, 0.15) is 5.75 Å². The SMILES string of the molecule is CC1(C)[C@H](CN)[C@H]1c1ccc(O)c(Cl)c1. The number of benzene rings is 1. The Hall–Kier alpha value is -0.730. The molecule has 15 heavy (non-hydrogen) atoms. The van der Waals surface area contributed by atoms with Gasteiger partial charge in [-0.3, -0.25) is 0 Å². The minimum absolute atomic E-state index is 0.142. The average Bonchev–Trinajstić information content (AvgIpc) is 2.73. The fraction of sp³-hybridized carbons (Fsp3) is 0.500. The zero-order valence-electron chi connectivity index (χ0n) is 9.00. The van der Waals surface area contributed by atoms with Crippen LogP contribution in [0, 0.1) is 11.3 Å². The fourth-order valence-corrected chi connectivity index (χ4v) is 2.75. The Kier molecular flexibility index (Phi) is 2.44. The van der Waals surface area contributed by atoms with Crippen molar-refractivity contribution in [2.24, 2.45) is 17.1 Å². The highest BCUT2D eigenvalue weighted by molar-refractivity contribution is 6.32. The van der Waals surface area contributed by atoms with Crippen molar-refractivity contribution < 1.29 is 5.11 Å². The number of hydrogen-bond donors (Lipinski definition) is 2. The molecular weight excluding hydrogens is 210 g/mol. The van der Waals surface area contributed by atoms with E-state index in [0.717, 1.165) is 0 Å². The number of rotatable bonds is 2. The van der Waals surface area contributed by atoms with Gasteiger partial charge < -0.3 is 10.8 Å². The molecule has 2 atom stereocenters. The van der Waals surface area contributed by atoms with Crippen molar-refractivity contribution in [1.29, 1.82) is 0 Å². The third-order valence-electron chi connectivity index (χ3n) is 3.64. The molecule has 0 saturated heterocycles. The first-order valence-electron chi connectivity index (χ1n) is 5.17. The molecule has 0 unspecified atom stereocenters. The molecule has 0 aromatic heterocycles. The van der Waals surface area contributed by atoms with Crippen LogP contribution < -0.4 is 5.73 Å². The minimum atomic E-state index is 0.142. The lowest BCUT2D eigenvalue weighted by atomic mass is 10.0. The molecule has 2 nitrogen and oxygen atoms in total. The van der Waals surface area contributed by atoms with Crippen LogP contribution in [0.15, 0.2) is 18.2 Å². The molecule has 1 aliphatic rings. The molecule has 2 rings (SSSR count). The first kappa shape index (κ1) is 10.8.